The Balaban J connectivity index is 2.18. The van der Waals surface area contributed by atoms with Gasteiger partial charge in [0.2, 0.25) is 0 Å². The second-order valence-electron chi connectivity index (χ2n) is 5.67. The van der Waals surface area contributed by atoms with Crippen LogP contribution in [0.5, 0.6) is 0 Å². The molecule has 1 heterocycles. The maximum absolute atomic E-state index is 5.66. The van der Waals surface area contributed by atoms with E-state index in [-0.39, 0.29) is 0 Å². The number of hydrogen-bond donors (Lipinski definition) is 1. The Labute approximate surface area is 111 Å². The van der Waals surface area contributed by atoms with Crippen LogP contribution in [0.2, 0.25) is 0 Å². The van der Waals surface area contributed by atoms with E-state index in [9.17, 15) is 0 Å². The van der Waals surface area contributed by atoms with Crippen molar-refractivity contribution < 1.29 is 0 Å². The molecule has 0 amide bonds. The highest BCUT2D eigenvalue weighted by molar-refractivity contribution is 5.25. The average molecular weight is 247 g/mol. The van der Waals surface area contributed by atoms with Gasteiger partial charge in [-0.25, -0.2) is 0 Å². The maximum Gasteiger partial charge on any atom is 0.0382 e. The molecule has 1 saturated heterocycles. The van der Waals surface area contributed by atoms with E-state index >= 15 is 0 Å². The molecule has 2 rings (SSSR count). The SMILES string of the molecule is CN1CCC(C(c2ccc(CN)cc2)N(C)C)C1. The van der Waals surface area contributed by atoms with Crippen LogP contribution in [0.15, 0.2) is 24.3 Å². The standard InChI is InChI=1S/C15H25N3/c1-17(2)15(14-8-9-18(3)11-14)13-6-4-12(10-16)5-7-13/h4-7,14-15H,8-11,16H2,1-3H3. The lowest BCUT2D eigenvalue weighted by molar-refractivity contribution is 0.212. The summed E-state index contributed by atoms with van der Waals surface area (Å²) in [5.74, 6) is 0.730. The zero-order valence-corrected chi connectivity index (χ0v) is 11.8. The van der Waals surface area contributed by atoms with Crippen molar-refractivity contribution in [2.24, 2.45) is 11.7 Å². The Morgan fingerprint density at radius 3 is 2.44 bits per heavy atom. The second-order valence-corrected chi connectivity index (χ2v) is 5.67. The van der Waals surface area contributed by atoms with Gasteiger partial charge in [-0.1, -0.05) is 24.3 Å². The summed E-state index contributed by atoms with van der Waals surface area (Å²) in [7, 11) is 6.57. The van der Waals surface area contributed by atoms with E-state index in [2.05, 4.69) is 55.2 Å². The Hall–Kier alpha value is -0.900. The summed E-state index contributed by atoms with van der Waals surface area (Å²) in [6.45, 7) is 3.04. The first-order valence-corrected chi connectivity index (χ1v) is 6.75. The van der Waals surface area contributed by atoms with E-state index in [0.717, 1.165) is 5.92 Å². The molecule has 3 nitrogen and oxygen atoms in total. The number of likely N-dealkylation sites (tertiary alicyclic amines) is 1. The van der Waals surface area contributed by atoms with Crippen molar-refractivity contribution >= 4 is 0 Å². The fourth-order valence-electron chi connectivity index (χ4n) is 3.07. The van der Waals surface area contributed by atoms with Crippen molar-refractivity contribution in [2.75, 3.05) is 34.2 Å². The first kappa shape index (κ1) is 13.5. The Morgan fingerprint density at radius 2 is 2.00 bits per heavy atom. The van der Waals surface area contributed by atoms with Gasteiger partial charge in [-0.2, -0.15) is 0 Å². The Morgan fingerprint density at radius 1 is 1.33 bits per heavy atom. The number of nitrogens with zero attached hydrogens (tertiary/aromatic N) is 2. The lowest BCUT2D eigenvalue weighted by atomic mass is 9.91. The molecule has 3 heteroatoms. The highest BCUT2D eigenvalue weighted by Gasteiger charge is 2.30. The van der Waals surface area contributed by atoms with E-state index in [4.69, 9.17) is 5.73 Å². The fraction of sp³-hybridized carbons (Fsp3) is 0.600. The van der Waals surface area contributed by atoms with Gasteiger partial charge >= 0.3 is 0 Å². The maximum atomic E-state index is 5.66. The molecule has 1 aliphatic heterocycles. The smallest absolute Gasteiger partial charge is 0.0382 e. The minimum Gasteiger partial charge on any atom is -0.326 e. The third kappa shape index (κ3) is 2.91. The summed E-state index contributed by atoms with van der Waals surface area (Å²) >= 11 is 0. The van der Waals surface area contributed by atoms with Crippen molar-refractivity contribution in [1.29, 1.82) is 0 Å². The first-order valence-electron chi connectivity index (χ1n) is 6.75. The summed E-state index contributed by atoms with van der Waals surface area (Å²) in [5.41, 5.74) is 8.28. The topological polar surface area (TPSA) is 32.5 Å². The summed E-state index contributed by atoms with van der Waals surface area (Å²) in [5, 5.41) is 0. The number of hydrogen-bond acceptors (Lipinski definition) is 3. The molecular weight excluding hydrogens is 222 g/mol. The van der Waals surface area contributed by atoms with Gasteiger partial charge in [0.05, 0.1) is 0 Å². The van der Waals surface area contributed by atoms with Crippen LogP contribution in [0, 0.1) is 5.92 Å². The minimum atomic E-state index is 0.516. The van der Waals surface area contributed by atoms with Gasteiger partial charge in [0, 0.05) is 19.1 Å². The molecule has 0 saturated carbocycles. The van der Waals surface area contributed by atoms with Crippen LogP contribution >= 0.6 is 0 Å². The molecule has 1 fully saturated rings. The first-order chi connectivity index (χ1) is 8.61. The van der Waals surface area contributed by atoms with Gasteiger partial charge in [-0.15, -0.1) is 0 Å². The zero-order valence-electron chi connectivity index (χ0n) is 11.8. The van der Waals surface area contributed by atoms with E-state index in [1.54, 1.807) is 0 Å². The van der Waals surface area contributed by atoms with E-state index in [0.29, 0.717) is 12.6 Å². The summed E-state index contributed by atoms with van der Waals surface area (Å²) in [6.07, 6.45) is 1.29. The van der Waals surface area contributed by atoms with Crippen molar-refractivity contribution in [3.05, 3.63) is 35.4 Å². The Kier molecular flexibility index (Phi) is 4.38. The highest BCUT2D eigenvalue weighted by atomic mass is 15.2. The molecule has 1 aromatic rings. The highest BCUT2D eigenvalue weighted by Crippen LogP contribution is 2.33. The molecule has 1 aromatic carbocycles. The zero-order chi connectivity index (χ0) is 13.1. The quantitative estimate of drug-likeness (QED) is 0.879. The largest absolute Gasteiger partial charge is 0.326 e. The predicted octanol–water partition coefficient (Wildman–Crippen LogP) is 1.70. The molecule has 100 valence electrons. The van der Waals surface area contributed by atoms with E-state index < -0.39 is 0 Å². The van der Waals surface area contributed by atoms with Crippen LogP contribution in [-0.2, 0) is 6.54 Å². The fourth-order valence-corrected chi connectivity index (χ4v) is 3.07. The monoisotopic (exact) mass is 247 g/mol. The molecule has 2 atom stereocenters. The van der Waals surface area contributed by atoms with Crippen LogP contribution < -0.4 is 5.73 Å². The van der Waals surface area contributed by atoms with Crippen molar-refractivity contribution in [2.45, 2.75) is 19.0 Å². The van der Waals surface area contributed by atoms with Crippen molar-refractivity contribution in [3.63, 3.8) is 0 Å². The van der Waals surface area contributed by atoms with E-state index in [1.807, 2.05) is 0 Å². The van der Waals surface area contributed by atoms with Gasteiger partial charge in [0.1, 0.15) is 0 Å². The predicted molar refractivity (Wildman–Crippen MR) is 76.4 cm³/mol. The van der Waals surface area contributed by atoms with Gasteiger partial charge in [0.15, 0.2) is 0 Å². The van der Waals surface area contributed by atoms with Gasteiger partial charge in [-0.05, 0) is 51.2 Å². The molecule has 18 heavy (non-hydrogen) atoms. The molecular formula is C15H25N3. The molecule has 2 N–H and O–H groups in total. The third-order valence-electron chi connectivity index (χ3n) is 3.99. The van der Waals surface area contributed by atoms with Crippen molar-refractivity contribution in [3.8, 4) is 0 Å². The minimum absolute atomic E-state index is 0.516. The van der Waals surface area contributed by atoms with E-state index in [1.165, 1.54) is 30.6 Å². The van der Waals surface area contributed by atoms with Gasteiger partial charge in [0.25, 0.3) is 0 Å². The van der Waals surface area contributed by atoms with Crippen LogP contribution in [0.4, 0.5) is 0 Å². The summed E-state index contributed by atoms with van der Waals surface area (Å²) < 4.78 is 0. The molecule has 0 spiro atoms. The van der Waals surface area contributed by atoms with Crippen molar-refractivity contribution in [1.82, 2.24) is 9.80 Å². The molecule has 0 radical (unpaired) electrons. The third-order valence-corrected chi connectivity index (χ3v) is 3.99. The average Bonchev–Trinajstić information content (AvgIpc) is 2.76. The Bertz CT molecular complexity index is 372. The number of benzene rings is 1. The molecule has 0 bridgehead atoms. The summed E-state index contributed by atoms with van der Waals surface area (Å²) in [6, 6.07) is 9.31. The molecule has 2 unspecified atom stereocenters. The molecule has 1 aliphatic rings. The van der Waals surface area contributed by atoms with Crippen LogP contribution in [0.1, 0.15) is 23.6 Å². The summed E-state index contributed by atoms with van der Waals surface area (Å²) in [4.78, 5) is 4.77. The lowest BCUT2D eigenvalue weighted by Gasteiger charge is -2.30. The molecule has 0 aromatic heterocycles. The number of nitrogens with two attached hydrogens (primary N) is 1. The number of rotatable bonds is 4. The van der Waals surface area contributed by atoms with Gasteiger partial charge in [-0.3, -0.25) is 0 Å². The second kappa shape index (κ2) is 5.83. The normalized spacial score (nSPS) is 22.6. The van der Waals surface area contributed by atoms with Crippen LogP contribution in [0.3, 0.4) is 0 Å². The van der Waals surface area contributed by atoms with Crippen LogP contribution in [-0.4, -0.2) is 44.0 Å². The van der Waals surface area contributed by atoms with Crippen LogP contribution in [0.25, 0.3) is 0 Å². The van der Waals surface area contributed by atoms with Gasteiger partial charge < -0.3 is 15.5 Å². The lowest BCUT2D eigenvalue weighted by Crippen LogP contribution is -2.29. The molecule has 0 aliphatic carbocycles.